The Kier molecular flexibility index (Phi) is 7.57. The lowest BCUT2D eigenvalue weighted by molar-refractivity contribution is -0.142. The molecule has 0 bridgehead atoms. The lowest BCUT2D eigenvalue weighted by Crippen LogP contribution is -2.19. The molecule has 1 aromatic heterocycles. The second-order valence-corrected chi connectivity index (χ2v) is 7.28. The summed E-state index contributed by atoms with van der Waals surface area (Å²) in [5.74, 6) is -1.69. The maximum atomic E-state index is 15.4. The average molecular weight is 443 g/mol. The Morgan fingerprint density at radius 3 is 2.75 bits per heavy atom. The summed E-state index contributed by atoms with van der Waals surface area (Å²) in [6.07, 6.45) is 1.31. The standard InChI is InChI=1S/C22H23BF2N3O4/c1-14-3-5-15(6-4-14)9-17-16(10-18-22(21(17)24)26-13-28(18)2)19(29)12-31-7-8-32-20(30)11-23-27-25/h3-6,10,13,27H,7-9,11-12H2,1-2H3/i27D. The van der Waals surface area contributed by atoms with Gasteiger partial charge in [-0.15, -0.1) is 0 Å². The Morgan fingerprint density at radius 1 is 1.28 bits per heavy atom. The Bertz CT molecular complexity index is 1140. The van der Waals surface area contributed by atoms with Crippen LogP contribution in [0.1, 0.15) is 27.0 Å². The van der Waals surface area contributed by atoms with E-state index in [2.05, 4.69) is 4.98 Å². The molecule has 1 radical (unpaired) electrons. The number of hydrogen-bond acceptors (Lipinski definition) is 6. The summed E-state index contributed by atoms with van der Waals surface area (Å²) in [7, 11) is 2.42. The predicted octanol–water partition coefficient (Wildman–Crippen LogP) is 2.87. The second kappa shape index (κ2) is 11.0. The van der Waals surface area contributed by atoms with E-state index in [9.17, 15) is 14.1 Å². The number of nitrogens with zero attached hydrogens (tertiary/aromatic N) is 2. The van der Waals surface area contributed by atoms with Crippen molar-refractivity contribution in [3.05, 3.63) is 64.7 Å². The van der Waals surface area contributed by atoms with Crippen LogP contribution < -0.4 is 5.44 Å². The van der Waals surface area contributed by atoms with Crippen molar-refractivity contribution in [1.29, 1.82) is 0 Å². The molecule has 0 spiro atoms. The topological polar surface area (TPSA) is 82.4 Å². The number of aromatic nitrogens is 2. The third-order valence-corrected chi connectivity index (χ3v) is 4.91. The van der Waals surface area contributed by atoms with Gasteiger partial charge in [0.25, 0.3) is 13.4 Å². The lowest BCUT2D eigenvalue weighted by Gasteiger charge is -2.12. The van der Waals surface area contributed by atoms with E-state index in [0.717, 1.165) is 11.1 Å². The monoisotopic (exact) mass is 443 g/mol. The summed E-state index contributed by atoms with van der Waals surface area (Å²) < 4.78 is 45.9. The van der Waals surface area contributed by atoms with Gasteiger partial charge in [-0.3, -0.25) is 9.59 Å². The van der Waals surface area contributed by atoms with Crippen LogP contribution in [0.2, 0.25) is 7.73 Å². The van der Waals surface area contributed by atoms with Gasteiger partial charge in [0.1, 0.15) is 20.1 Å². The quantitative estimate of drug-likeness (QED) is 0.161. The van der Waals surface area contributed by atoms with Gasteiger partial charge >= 0.3 is 0 Å². The molecule has 3 rings (SSSR count). The van der Waals surface area contributed by atoms with Crippen molar-refractivity contribution in [1.82, 2.24) is 15.0 Å². The molecule has 1 N–H and O–H groups in total. The predicted molar refractivity (Wildman–Crippen MR) is 116 cm³/mol. The molecule has 0 aliphatic heterocycles. The Labute approximate surface area is 186 Å². The van der Waals surface area contributed by atoms with Gasteiger partial charge in [0.2, 0.25) is 0 Å². The number of aryl methyl sites for hydroxylation is 2. The Balaban J connectivity index is 1.70. The molecule has 0 unspecified atom stereocenters. The van der Waals surface area contributed by atoms with Crippen molar-refractivity contribution in [3.8, 4) is 0 Å². The van der Waals surface area contributed by atoms with Crippen molar-refractivity contribution >= 4 is 30.2 Å². The first-order chi connectivity index (χ1) is 15.8. The minimum absolute atomic E-state index is 0.0680. The SMILES string of the molecule is [2H]N(F)[B]CC(=O)OCCOCC(=O)c1cc2c(ncn2C)c(F)c1Cc1ccc(C)cc1. The lowest BCUT2D eigenvalue weighted by atomic mass is 9.92. The highest BCUT2D eigenvalue weighted by molar-refractivity contribution is 6.37. The molecule has 1 heterocycles. The van der Waals surface area contributed by atoms with Crippen LogP contribution in [0, 0.1) is 12.7 Å². The number of halogens is 2. The third-order valence-electron chi connectivity index (χ3n) is 4.91. The van der Waals surface area contributed by atoms with Crippen LogP contribution in [0.5, 0.6) is 0 Å². The van der Waals surface area contributed by atoms with Crippen molar-refractivity contribution in [3.63, 3.8) is 0 Å². The van der Waals surface area contributed by atoms with Crippen LogP contribution in [0.25, 0.3) is 11.0 Å². The fourth-order valence-electron chi connectivity index (χ4n) is 3.22. The first kappa shape index (κ1) is 22.1. The van der Waals surface area contributed by atoms with Crippen LogP contribution in [-0.2, 0) is 27.7 Å². The summed E-state index contributed by atoms with van der Waals surface area (Å²) in [5.41, 5.74) is 2.58. The smallest absolute Gasteiger partial charge is 0.299 e. The van der Waals surface area contributed by atoms with Gasteiger partial charge in [-0.2, -0.15) is 4.48 Å². The number of carbonyl (C=O) groups is 2. The number of fused-ring (bicyclic) bond motifs is 1. The number of imidazole rings is 1. The number of hydrogen-bond donors (Lipinski definition) is 1. The van der Waals surface area contributed by atoms with Gasteiger partial charge < -0.3 is 14.0 Å². The van der Waals surface area contributed by atoms with E-state index in [0.29, 0.717) is 12.9 Å². The van der Waals surface area contributed by atoms with Crippen molar-refractivity contribution in [2.75, 3.05) is 19.8 Å². The molecular weight excluding hydrogens is 419 g/mol. The van der Waals surface area contributed by atoms with Gasteiger partial charge in [0, 0.05) is 30.9 Å². The zero-order valence-electron chi connectivity index (χ0n) is 18.8. The zero-order valence-corrected chi connectivity index (χ0v) is 17.8. The molecule has 0 amide bonds. The minimum atomic E-state index is -0.732. The Hall–Kier alpha value is -3.11. The summed E-state index contributed by atoms with van der Waals surface area (Å²) in [6, 6.07) is 9.23. The van der Waals surface area contributed by atoms with Crippen LogP contribution >= 0.6 is 0 Å². The highest BCUT2D eigenvalue weighted by Crippen LogP contribution is 2.26. The number of ketones is 1. The summed E-state index contributed by atoms with van der Waals surface area (Å²) in [6.45, 7) is 1.41. The van der Waals surface area contributed by atoms with E-state index in [1.54, 1.807) is 17.7 Å². The summed E-state index contributed by atoms with van der Waals surface area (Å²) >= 11 is 0. The van der Waals surface area contributed by atoms with Gasteiger partial charge in [-0.1, -0.05) is 29.8 Å². The molecule has 0 saturated heterocycles. The van der Waals surface area contributed by atoms with Crippen molar-refractivity contribution in [2.24, 2.45) is 7.05 Å². The zero-order chi connectivity index (χ0) is 24.0. The van der Waals surface area contributed by atoms with Crippen LogP contribution in [0.15, 0.2) is 36.7 Å². The number of carbonyl (C=O) groups excluding carboxylic acids is 2. The van der Waals surface area contributed by atoms with Gasteiger partial charge in [0.15, 0.2) is 11.6 Å². The van der Waals surface area contributed by atoms with E-state index in [1.165, 1.54) is 6.33 Å². The molecule has 7 nitrogen and oxygen atoms in total. The third kappa shape index (κ3) is 5.77. The van der Waals surface area contributed by atoms with Gasteiger partial charge in [-0.25, -0.2) is 14.8 Å². The number of nitrogens with one attached hydrogen (secondary N) is 1. The van der Waals surface area contributed by atoms with E-state index in [4.69, 9.17) is 10.9 Å². The number of benzene rings is 2. The Morgan fingerprint density at radius 2 is 2.03 bits per heavy atom. The van der Waals surface area contributed by atoms with Gasteiger partial charge in [0.05, 0.1) is 18.5 Å². The molecule has 0 aliphatic rings. The maximum absolute atomic E-state index is 15.4. The molecule has 167 valence electrons. The van der Waals surface area contributed by atoms with E-state index < -0.39 is 29.3 Å². The van der Waals surface area contributed by atoms with Crippen LogP contribution in [0.3, 0.4) is 0 Å². The fourth-order valence-corrected chi connectivity index (χ4v) is 3.22. The number of rotatable bonds is 11. The van der Waals surface area contributed by atoms with Crippen LogP contribution in [-0.4, -0.2) is 48.5 Å². The second-order valence-electron chi connectivity index (χ2n) is 7.28. The van der Waals surface area contributed by atoms with Gasteiger partial charge in [-0.05, 0) is 18.6 Å². The largest absolute Gasteiger partial charge is 0.464 e. The van der Waals surface area contributed by atoms with E-state index in [-0.39, 0.29) is 42.9 Å². The summed E-state index contributed by atoms with van der Waals surface area (Å²) in [5, 5.41) is 0. The first-order valence-corrected chi connectivity index (χ1v) is 9.98. The molecular formula is C22H23BF2N3O4. The molecule has 32 heavy (non-hydrogen) atoms. The first-order valence-electron chi connectivity index (χ1n) is 10.4. The molecule has 0 aliphatic carbocycles. The molecule has 3 aromatic rings. The highest BCUT2D eigenvalue weighted by Gasteiger charge is 2.21. The molecule has 0 fully saturated rings. The normalized spacial score (nSPS) is 11.6. The van der Waals surface area contributed by atoms with Crippen LogP contribution in [0.4, 0.5) is 8.87 Å². The summed E-state index contributed by atoms with van der Waals surface area (Å²) in [4.78, 5) is 28.4. The number of Topliss-reactive ketones (excluding diaryl/α,β-unsaturated/α-hetero) is 1. The average Bonchev–Trinajstić information content (AvgIpc) is 3.16. The molecule has 0 atom stereocenters. The molecule has 10 heteroatoms. The van der Waals surface area contributed by atoms with Crippen molar-refractivity contribution in [2.45, 2.75) is 19.7 Å². The number of ether oxygens (including phenoxy) is 2. The number of esters is 1. The minimum Gasteiger partial charge on any atom is -0.464 e. The van der Waals surface area contributed by atoms with E-state index in [1.807, 2.05) is 31.2 Å². The molecule has 0 saturated carbocycles. The van der Waals surface area contributed by atoms with Crippen molar-refractivity contribution < 1.29 is 29.3 Å². The maximum Gasteiger partial charge on any atom is 0.299 e. The molecule has 2 aromatic carbocycles. The highest BCUT2D eigenvalue weighted by atomic mass is 19.2. The fraction of sp³-hybridized carbons (Fsp3) is 0.318. The van der Waals surface area contributed by atoms with E-state index >= 15 is 4.39 Å².